The molecule has 0 aromatic heterocycles. The van der Waals surface area contributed by atoms with Crippen LogP contribution in [0, 0.1) is 0 Å². The maximum Gasteiger partial charge on any atom is 0.411 e. The third-order valence-corrected chi connectivity index (χ3v) is 5.58. The molecule has 0 aliphatic carbocycles. The van der Waals surface area contributed by atoms with Gasteiger partial charge in [0.1, 0.15) is 5.60 Å². The minimum absolute atomic E-state index is 0.00370. The Labute approximate surface area is 158 Å². The summed E-state index contributed by atoms with van der Waals surface area (Å²) in [5.41, 5.74) is 1.72. The van der Waals surface area contributed by atoms with E-state index in [0.717, 1.165) is 34.9 Å². The Kier molecular flexibility index (Phi) is 5.48. The van der Waals surface area contributed by atoms with Crippen LogP contribution in [0.5, 0.6) is 0 Å². The summed E-state index contributed by atoms with van der Waals surface area (Å²) < 4.78 is 7.09. The lowest BCUT2D eigenvalue weighted by molar-refractivity contribution is -0.0658. The molecule has 2 aromatic rings. The van der Waals surface area contributed by atoms with E-state index in [9.17, 15) is 4.79 Å². The molecule has 25 heavy (non-hydrogen) atoms. The van der Waals surface area contributed by atoms with Crippen molar-refractivity contribution in [1.29, 1.82) is 0 Å². The molecule has 1 aliphatic heterocycles. The maximum absolute atomic E-state index is 12.8. The van der Waals surface area contributed by atoms with Crippen molar-refractivity contribution in [2.75, 3.05) is 6.54 Å². The summed E-state index contributed by atoms with van der Waals surface area (Å²) in [7, 11) is 0. The number of halogens is 1. The molecule has 0 spiro atoms. The number of cyclic esters (lactones) is 1. The van der Waals surface area contributed by atoms with Crippen molar-refractivity contribution < 1.29 is 9.53 Å². The maximum atomic E-state index is 12.8. The summed E-state index contributed by atoms with van der Waals surface area (Å²) in [5.74, 6) is 0. The van der Waals surface area contributed by atoms with Gasteiger partial charge in [-0.05, 0) is 36.6 Å². The number of ether oxygens (including phenoxy) is 1. The highest BCUT2D eigenvalue weighted by Crippen LogP contribution is 2.40. The summed E-state index contributed by atoms with van der Waals surface area (Å²) in [6.07, 6.45) is 2.42. The fourth-order valence-electron chi connectivity index (χ4n) is 3.61. The Morgan fingerprint density at radius 1 is 1.16 bits per heavy atom. The first-order valence-electron chi connectivity index (χ1n) is 8.86. The second-order valence-electron chi connectivity index (χ2n) is 6.65. The largest absolute Gasteiger partial charge is 0.438 e. The Morgan fingerprint density at radius 3 is 2.44 bits per heavy atom. The van der Waals surface area contributed by atoms with Crippen molar-refractivity contribution in [3.05, 3.63) is 70.2 Å². The second kappa shape index (κ2) is 7.61. The van der Waals surface area contributed by atoms with Gasteiger partial charge >= 0.3 is 6.09 Å². The van der Waals surface area contributed by atoms with E-state index in [-0.39, 0.29) is 12.1 Å². The van der Waals surface area contributed by atoms with E-state index in [4.69, 9.17) is 4.74 Å². The van der Waals surface area contributed by atoms with Gasteiger partial charge in [0.15, 0.2) is 0 Å². The number of hydrogen-bond acceptors (Lipinski definition) is 2. The van der Waals surface area contributed by atoms with Gasteiger partial charge in [0.2, 0.25) is 0 Å². The van der Waals surface area contributed by atoms with Crippen molar-refractivity contribution in [2.24, 2.45) is 0 Å². The van der Waals surface area contributed by atoms with E-state index in [2.05, 4.69) is 41.9 Å². The highest BCUT2D eigenvalue weighted by molar-refractivity contribution is 9.10. The van der Waals surface area contributed by atoms with Crippen LogP contribution in [-0.2, 0) is 10.3 Å². The molecule has 1 heterocycles. The SMILES string of the molecule is CCC[C@@]1(c2ccccc2)CCN([C@@H](C)c2ccc(Br)cc2)C(=O)O1. The van der Waals surface area contributed by atoms with E-state index in [1.54, 1.807) is 0 Å². The third-order valence-electron chi connectivity index (χ3n) is 5.05. The van der Waals surface area contributed by atoms with Gasteiger partial charge in [-0.2, -0.15) is 0 Å². The summed E-state index contributed by atoms with van der Waals surface area (Å²) in [5, 5.41) is 0. The van der Waals surface area contributed by atoms with Gasteiger partial charge < -0.3 is 9.64 Å². The number of hydrogen-bond donors (Lipinski definition) is 0. The molecule has 132 valence electrons. The van der Waals surface area contributed by atoms with E-state index >= 15 is 0 Å². The summed E-state index contributed by atoms with van der Waals surface area (Å²) >= 11 is 3.46. The quantitative estimate of drug-likeness (QED) is 0.610. The smallest absolute Gasteiger partial charge is 0.411 e. The Hall–Kier alpha value is -1.81. The number of benzene rings is 2. The molecule has 0 unspecified atom stereocenters. The Morgan fingerprint density at radius 2 is 1.84 bits per heavy atom. The molecule has 4 heteroatoms. The fourth-order valence-corrected chi connectivity index (χ4v) is 3.88. The summed E-state index contributed by atoms with van der Waals surface area (Å²) in [4.78, 5) is 14.7. The molecular weight excluding hydrogens is 378 g/mol. The number of carbonyl (C=O) groups is 1. The van der Waals surface area contributed by atoms with Crippen LogP contribution in [0.2, 0.25) is 0 Å². The van der Waals surface area contributed by atoms with E-state index < -0.39 is 5.60 Å². The van der Waals surface area contributed by atoms with Gasteiger partial charge in [0.25, 0.3) is 0 Å². The molecule has 1 aliphatic rings. The van der Waals surface area contributed by atoms with Gasteiger partial charge in [0.05, 0.1) is 6.04 Å². The molecule has 1 fully saturated rings. The molecule has 0 bridgehead atoms. The molecule has 1 amide bonds. The lowest BCUT2D eigenvalue weighted by Gasteiger charge is -2.43. The normalized spacial score (nSPS) is 21.7. The standard InChI is InChI=1S/C21H24BrNO2/c1-3-13-21(18-7-5-4-6-8-18)14-15-23(20(24)25-21)16(2)17-9-11-19(22)12-10-17/h4-12,16H,3,13-15H2,1-2H3/t16-,21-/m0/s1. The number of amides is 1. The van der Waals surface area contributed by atoms with Crippen LogP contribution in [0.4, 0.5) is 4.79 Å². The zero-order valence-corrected chi connectivity index (χ0v) is 16.3. The van der Waals surface area contributed by atoms with Crippen LogP contribution in [0.15, 0.2) is 59.1 Å². The zero-order chi connectivity index (χ0) is 17.9. The van der Waals surface area contributed by atoms with Gasteiger partial charge in [0, 0.05) is 17.4 Å². The Balaban J connectivity index is 1.81. The molecule has 3 nitrogen and oxygen atoms in total. The molecule has 0 saturated carbocycles. The number of rotatable bonds is 5. The molecule has 3 rings (SSSR count). The van der Waals surface area contributed by atoms with Crippen molar-refractivity contribution in [3.8, 4) is 0 Å². The van der Waals surface area contributed by atoms with E-state index in [1.807, 2.05) is 47.4 Å². The predicted octanol–water partition coefficient (Wildman–Crippen LogP) is 6.05. The van der Waals surface area contributed by atoms with Crippen LogP contribution in [0.3, 0.4) is 0 Å². The monoisotopic (exact) mass is 401 g/mol. The van der Waals surface area contributed by atoms with Gasteiger partial charge in [-0.1, -0.05) is 71.7 Å². The fraction of sp³-hybridized carbons (Fsp3) is 0.381. The first-order chi connectivity index (χ1) is 12.1. The predicted molar refractivity (Wildman–Crippen MR) is 103 cm³/mol. The third kappa shape index (κ3) is 3.74. The van der Waals surface area contributed by atoms with Crippen LogP contribution >= 0.6 is 15.9 Å². The lowest BCUT2D eigenvalue weighted by Crippen LogP contribution is -2.48. The Bertz CT molecular complexity index is 716. The van der Waals surface area contributed by atoms with Crippen molar-refractivity contribution in [2.45, 2.75) is 44.8 Å². The van der Waals surface area contributed by atoms with Gasteiger partial charge in [-0.15, -0.1) is 0 Å². The first kappa shape index (κ1) is 18.0. The highest BCUT2D eigenvalue weighted by Gasteiger charge is 2.42. The molecule has 0 radical (unpaired) electrons. The zero-order valence-electron chi connectivity index (χ0n) is 14.7. The lowest BCUT2D eigenvalue weighted by atomic mass is 9.84. The van der Waals surface area contributed by atoms with Crippen LogP contribution < -0.4 is 0 Å². The average Bonchev–Trinajstić information content (AvgIpc) is 2.63. The highest BCUT2D eigenvalue weighted by atomic mass is 79.9. The number of nitrogens with zero attached hydrogens (tertiary/aromatic N) is 1. The second-order valence-corrected chi connectivity index (χ2v) is 7.56. The van der Waals surface area contributed by atoms with Crippen LogP contribution in [0.1, 0.15) is 50.3 Å². The van der Waals surface area contributed by atoms with Crippen molar-refractivity contribution >= 4 is 22.0 Å². The van der Waals surface area contributed by atoms with E-state index in [0.29, 0.717) is 6.54 Å². The van der Waals surface area contributed by atoms with Crippen LogP contribution in [-0.4, -0.2) is 17.5 Å². The molecule has 0 N–H and O–H groups in total. The molecule has 1 saturated heterocycles. The first-order valence-corrected chi connectivity index (χ1v) is 9.65. The van der Waals surface area contributed by atoms with E-state index in [1.165, 1.54) is 0 Å². The van der Waals surface area contributed by atoms with Crippen molar-refractivity contribution in [3.63, 3.8) is 0 Å². The molecule has 2 aromatic carbocycles. The van der Waals surface area contributed by atoms with Crippen LogP contribution in [0.25, 0.3) is 0 Å². The minimum Gasteiger partial charge on any atom is -0.438 e. The summed E-state index contributed by atoms with van der Waals surface area (Å²) in [6.45, 7) is 4.89. The molecular formula is C21H24BrNO2. The van der Waals surface area contributed by atoms with Crippen molar-refractivity contribution in [1.82, 2.24) is 4.90 Å². The van der Waals surface area contributed by atoms with Gasteiger partial charge in [-0.3, -0.25) is 0 Å². The number of carbonyl (C=O) groups excluding carboxylic acids is 1. The average molecular weight is 402 g/mol. The minimum atomic E-state index is -0.497. The summed E-state index contributed by atoms with van der Waals surface area (Å²) in [6, 6.07) is 18.3. The van der Waals surface area contributed by atoms with Gasteiger partial charge in [-0.25, -0.2) is 4.79 Å². The topological polar surface area (TPSA) is 29.5 Å². The molecule has 2 atom stereocenters.